The number of nitrogen functional groups attached to an aromatic ring is 1. The molecule has 1 fully saturated rings. The summed E-state index contributed by atoms with van der Waals surface area (Å²) in [5, 5.41) is 0. The number of aldehydes is 1. The zero-order chi connectivity index (χ0) is 18.3. The number of nitrogens with two attached hydrogens (primary N) is 1. The van der Waals surface area contributed by atoms with Crippen LogP contribution in [0.5, 0.6) is 0 Å². The number of nitrogens with zero attached hydrogens (tertiary/aromatic N) is 2. The lowest BCUT2D eigenvalue weighted by Gasteiger charge is -2.22. The minimum atomic E-state index is -0.374. The zero-order valence-corrected chi connectivity index (χ0v) is 14.2. The molecule has 0 aliphatic carbocycles. The first kappa shape index (κ1) is 16.3. The van der Waals surface area contributed by atoms with E-state index in [9.17, 15) is 14.4 Å². The van der Waals surface area contributed by atoms with Gasteiger partial charge in [0.25, 0.3) is 0 Å². The molecule has 0 radical (unpaired) electrons. The van der Waals surface area contributed by atoms with Crippen LogP contribution in [0.2, 0.25) is 0 Å². The van der Waals surface area contributed by atoms with Crippen LogP contribution in [0.25, 0.3) is 0 Å². The molecule has 2 aromatic rings. The quantitative estimate of drug-likeness (QED) is 0.679. The van der Waals surface area contributed by atoms with E-state index in [1.54, 1.807) is 34.1 Å². The summed E-state index contributed by atoms with van der Waals surface area (Å²) < 4.78 is 0. The van der Waals surface area contributed by atoms with Crippen molar-refractivity contribution in [3.05, 3.63) is 53.6 Å². The third kappa shape index (κ3) is 2.73. The number of rotatable bonds is 3. The van der Waals surface area contributed by atoms with Crippen molar-refractivity contribution in [2.75, 3.05) is 28.6 Å². The summed E-state index contributed by atoms with van der Waals surface area (Å²) in [7, 11) is 0. The maximum Gasteiger partial charge on any atom is 0.232 e. The van der Waals surface area contributed by atoms with Crippen LogP contribution in [-0.2, 0) is 16.0 Å². The number of carbonyl (C=O) groups excluding carboxylic acids is 3. The highest BCUT2D eigenvalue weighted by molar-refractivity contribution is 6.05. The van der Waals surface area contributed by atoms with Crippen molar-refractivity contribution < 1.29 is 14.4 Å². The molecule has 132 valence electrons. The third-order valence-corrected chi connectivity index (χ3v) is 5.06. The first-order valence-electron chi connectivity index (χ1n) is 8.62. The van der Waals surface area contributed by atoms with Gasteiger partial charge in [-0.25, -0.2) is 0 Å². The highest BCUT2D eigenvalue weighted by Crippen LogP contribution is 2.33. The van der Waals surface area contributed by atoms with E-state index >= 15 is 0 Å². The molecule has 2 aromatic carbocycles. The van der Waals surface area contributed by atoms with Gasteiger partial charge in [0, 0.05) is 42.1 Å². The third-order valence-electron chi connectivity index (χ3n) is 5.06. The number of fused-ring (bicyclic) bond motifs is 1. The monoisotopic (exact) mass is 349 g/mol. The molecule has 0 bridgehead atoms. The van der Waals surface area contributed by atoms with Gasteiger partial charge >= 0.3 is 0 Å². The van der Waals surface area contributed by atoms with Gasteiger partial charge in [0.1, 0.15) is 6.29 Å². The van der Waals surface area contributed by atoms with E-state index in [4.69, 9.17) is 5.73 Å². The van der Waals surface area contributed by atoms with Crippen LogP contribution in [0.3, 0.4) is 0 Å². The summed E-state index contributed by atoms with van der Waals surface area (Å²) in [5.74, 6) is -0.479. The van der Waals surface area contributed by atoms with Gasteiger partial charge in [-0.2, -0.15) is 0 Å². The Morgan fingerprint density at radius 3 is 2.81 bits per heavy atom. The van der Waals surface area contributed by atoms with Crippen molar-refractivity contribution >= 4 is 35.2 Å². The van der Waals surface area contributed by atoms with Crippen LogP contribution < -0.4 is 15.5 Å². The molecule has 6 heteroatoms. The first-order chi connectivity index (χ1) is 12.6. The van der Waals surface area contributed by atoms with Crippen molar-refractivity contribution in [2.24, 2.45) is 5.92 Å². The second kappa shape index (κ2) is 6.29. The number of anilines is 3. The summed E-state index contributed by atoms with van der Waals surface area (Å²) in [6.07, 6.45) is 1.73. The van der Waals surface area contributed by atoms with Gasteiger partial charge in [0.15, 0.2) is 0 Å². The molecule has 26 heavy (non-hydrogen) atoms. The van der Waals surface area contributed by atoms with E-state index in [0.29, 0.717) is 24.3 Å². The summed E-state index contributed by atoms with van der Waals surface area (Å²) in [6, 6.07) is 12.5. The predicted molar refractivity (Wildman–Crippen MR) is 99.2 cm³/mol. The minimum Gasteiger partial charge on any atom is -0.399 e. The topological polar surface area (TPSA) is 83.7 Å². The van der Waals surface area contributed by atoms with Crippen molar-refractivity contribution in [2.45, 2.75) is 12.8 Å². The molecule has 1 atom stereocenters. The van der Waals surface area contributed by atoms with Gasteiger partial charge in [-0.05, 0) is 48.4 Å². The van der Waals surface area contributed by atoms with E-state index < -0.39 is 0 Å². The predicted octanol–water partition coefficient (Wildman–Crippen LogP) is 2.02. The van der Waals surface area contributed by atoms with Crippen LogP contribution in [0.1, 0.15) is 22.3 Å². The van der Waals surface area contributed by atoms with Crippen molar-refractivity contribution in [3.63, 3.8) is 0 Å². The SMILES string of the molecule is Nc1cccc(N2CC(C(=O)N3CCc4cc(C=O)ccc43)CC2=O)c1. The molecule has 4 rings (SSSR count). The normalized spacial score (nSPS) is 18.9. The van der Waals surface area contributed by atoms with E-state index in [1.807, 2.05) is 18.2 Å². The molecular weight excluding hydrogens is 330 g/mol. The Morgan fingerprint density at radius 1 is 1.19 bits per heavy atom. The standard InChI is InChI=1S/C20H19N3O3/c21-16-2-1-3-17(10-16)23-11-15(9-19(23)25)20(26)22-7-6-14-8-13(12-24)4-5-18(14)22/h1-5,8,10,12,15H,6-7,9,11,21H2. The molecule has 2 N–H and O–H groups in total. The van der Waals surface area contributed by atoms with E-state index in [1.165, 1.54) is 0 Å². The van der Waals surface area contributed by atoms with Crippen LogP contribution in [0.4, 0.5) is 17.1 Å². The van der Waals surface area contributed by atoms with E-state index in [-0.39, 0.29) is 24.2 Å². The Morgan fingerprint density at radius 2 is 2.04 bits per heavy atom. The fraction of sp³-hybridized carbons (Fsp3) is 0.250. The van der Waals surface area contributed by atoms with E-state index in [0.717, 1.165) is 29.6 Å². The summed E-state index contributed by atoms with van der Waals surface area (Å²) in [5.41, 5.74) is 9.57. The van der Waals surface area contributed by atoms with Crippen molar-refractivity contribution in [1.82, 2.24) is 0 Å². The maximum absolute atomic E-state index is 13.0. The zero-order valence-electron chi connectivity index (χ0n) is 14.2. The van der Waals surface area contributed by atoms with Crippen LogP contribution in [-0.4, -0.2) is 31.2 Å². The average Bonchev–Trinajstić information content (AvgIpc) is 3.24. The first-order valence-corrected chi connectivity index (χ1v) is 8.62. The molecule has 0 aromatic heterocycles. The van der Waals surface area contributed by atoms with Crippen LogP contribution in [0.15, 0.2) is 42.5 Å². The second-order valence-corrected chi connectivity index (χ2v) is 6.75. The van der Waals surface area contributed by atoms with Gasteiger partial charge in [0.05, 0.1) is 5.92 Å². The highest BCUT2D eigenvalue weighted by Gasteiger charge is 2.39. The van der Waals surface area contributed by atoms with Crippen LogP contribution in [0, 0.1) is 5.92 Å². The Balaban J connectivity index is 1.54. The molecular formula is C20H19N3O3. The Kier molecular flexibility index (Phi) is 3.95. The number of hydrogen-bond acceptors (Lipinski definition) is 4. The molecule has 1 unspecified atom stereocenters. The molecule has 6 nitrogen and oxygen atoms in total. The van der Waals surface area contributed by atoms with Crippen molar-refractivity contribution in [3.8, 4) is 0 Å². The van der Waals surface area contributed by atoms with Gasteiger partial charge in [-0.3, -0.25) is 14.4 Å². The fourth-order valence-corrected chi connectivity index (χ4v) is 3.76. The van der Waals surface area contributed by atoms with Gasteiger partial charge < -0.3 is 15.5 Å². The number of carbonyl (C=O) groups is 3. The summed E-state index contributed by atoms with van der Waals surface area (Å²) in [6.45, 7) is 0.943. The molecule has 0 spiro atoms. The molecule has 2 amide bonds. The Hall–Kier alpha value is -3.15. The molecule has 2 aliphatic heterocycles. The maximum atomic E-state index is 13.0. The lowest BCUT2D eigenvalue weighted by molar-refractivity contribution is -0.124. The van der Waals surface area contributed by atoms with E-state index in [2.05, 4.69) is 0 Å². The van der Waals surface area contributed by atoms with Gasteiger partial charge in [-0.1, -0.05) is 6.07 Å². The average molecular weight is 349 g/mol. The smallest absolute Gasteiger partial charge is 0.232 e. The summed E-state index contributed by atoms with van der Waals surface area (Å²) >= 11 is 0. The van der Waals surface area contributed by atoms with Gasteiger partial charge in [-0.15, -0.1) is 0 Å². The number of amides is 2. The molecule has 1 saturated heterocycles. The Bertz CT molecular complexity index is 909. The summed E-state index contributed by atoms with van der Waals surface area (Å²) in [4.78, 5) is 39.7. The minimum absolute atomic E-state index is 0.0395. The molecule has 2 heterocycles. The molecule has 2 aliphatic rings. The Labute approximate surface area is 151 Å². The largest absolute Gasteiger partial charge is 0.399 e. The highest BCUT2D eigenvalue weighted by atomic mass is 16.2. The van der Waals surface area contributed by atoms with Gasteiger partial charge in [0.2, 0.25) is 11.8 Å². The lowest BCUT2D eigenvalue weighted by atomic mass is 10.1. The van der Waals surface area contributed by atoms with Crippen LogP contribution >= 0.6 is 0 Å². The van der Waals surface area contributed by atoms with Crippen molar-refractivity contribution in [1.29, 1.82) is 0 Å². The molecule has 0 saturated carbocycles. The number of hydrogen-bond donors (Lipinski definition) is 1. The second-order valence-electron chi connectivity index (χ2n) is 6.75. The fourth-order valence-electron chi connectivity index (χ4n) is 3.76. The number of benzene rings is 2. The lowest BCUT2D eigenvalue weighted by Crippen LogP contribution is -2.36.